The number of aryl methyl sites for hydroxylation is 1. The molecule has 3 aromatic rings. The number of fused-ring (bicyclic) bond motifs is 1. The van der Waals surface area contributed by atoms with Gasteiger partial charge >= 0.3 is 0 Å². The van der Waals surface area contributed by atoms with Gasteiger partial charge in [-0.1, -0.05) is 23.7 Å². The number of aliphatic hydroxyl groups excluding tert-OH is 1. The van der Waals surface area contributed by atoms with E-state index in [4.69, 9.17) is 16.3 Å². The Labute approximate surface area is 176 Å². The third-order valence-electron chi connectivity index (χ3n) is 4.29. The Morgan fingerprint density at radius 2 is 1.97 bits per heavy atom. The van der Waals surface area contributed by atoms with Crippen molar-refractivity contribution in [2.45, 2.75) is 13.8 Å². The number of aromatic nitrogens is 1. The number of anilines is 1. The van der Waals surface area contributed by atoms with Crippen LogP contribution in [-0.4, -0.2) is 23.1 Å². The molecule has 2 aromatic carbocycles. The number of aromatic amines is 1. The molecule has 0 saturated carbocycles. The van der Waals surface area contributed by atoms with Crippen LogP contribution in [0.15, 0.2) is 68.9 Å². The molecule has 30 heavy (non-hydrogen) atoms. The van der Waals surface area contributed by atoms with Gasteiger partial charge in [-0.25, -0.2) is 0 Å². The number of pyridine rings is 1. The highest BCUT2D eigenvalue weighted by atomic mass is 35.5. The van der Waals surface area contributed by atoms with Gasteiger partial charge in [-0.2, -0.15) is 0 Å². The summed E-state index contributed by atoms with van der Waals surface area (Å²) in [6.45, 7) is 3.12. The molecule has 0 aliphatic heterocycles. The number of para-hydroxylation sites is 2. The summed E-state index contributed by atoms with van der Waals surface area (Å²) in [6.07, 6.45) is 0. The van der Waals surface area contributed by atoms with Gasteiger partial charge in [0.2, 0.25) is 5.56 Å². The van der Waals surface area contributed by atoms with Crippen molar-refractivity contribution >= 4 is 39.8 Å². The molecular weight excluding hydrogens is 408 g/mol. The average Bonchev–Trinajstić information content (AvgIpc) is 2.69. The molecule has 0 unspecified atom stereocenters. The van der Waals surface area contributed by atoms with Crippen LogP contribution in [0.4, 0.5) is 11.4 Å². The van der Waals surface area contributed by atoms with Crippen molar-refractivity contribution in [2.24, 2.45) is 10.2 Å². The van der Waals surface area contributed by atoms with Gasteiger partial charge in [0.1, 0.15) is 17.2 Å². The molecule has 0 spiro atoms. The zero-order chi connectivity index (χ0) is 21.8. The van der Waals surface area contributed by atoms with E-state index in [-0.39, 0.29) is 27.7 Å². The highest BCUT2D eigenvalue weighted by molar-refractivity contribution is 6.33. The maximum Gasteiger partial charge on any atom is 0.279 e. The molecule has 0 fully saturated rings. The van der Waals surface area contributed by atoms with Crippen LogP contribution in [0, 0.1) is 6.92 Å². The van der Waals surface area contributed by atoms with E-state index in [2.05, 4.69) is 20.5 Å². The second-order valence-electron chi connectivity index (χ2n) is 6.45. The Bertz CT molecular complexity index is 1240. The molecule has 0 radical (unpaired) electrons. The van der Waals surface area contributed by atoms with E-state index in [1.54, 1.807) is 43.3 Å². The van der Waals surface area contributed by atoms with E-state index >= 15 is 0 Å². The lowest BCUT2D eigenvalue weighted by Crippen LogP contribution is -2.15. The van der Waals surface area contributed by atoms with Crippen molar-refractivity contribution in [3.8, 4) is 5.75 Å². The van der Waals surface area contributed by atoms with Gasteiger partial charge in [0.15, 0.2) is 5.70 Å². The minimum absolute atomic E-state index is 0.231. The van der Waals surface area contributed by atoms with E-state index in [1.807, 2.05) is 0 Å². The summed E-state index contributed by atoms with van der Waals surface area (Å²) < 4.78 is 5.20. The normalized spacial score (nSPS) is 12.1. The van der Waals surface area contributed by atoms with Crippen LogP contribution in [-0.2, 0) is 4.79 Å². The number of aliphatic hydroxyl groups is 1. The molecule has 0 bridgehead atoms. The number of nitrogens with one attached hydrogen (secondary N) is 2. The molecule has 0 atom stereocenters. The molecule has 1 aromatic heterocycles. The van der Waals surface area contributed by atoms with E-state index in [1.165, 1.54) is 20.1 Å². The number of allylic oxidation sites excluding steroid dienone is 1. The Morgan fingerprint density at radius 1 is 1.23 bits per heavy atom. The molecular formula is C21H19ClN4O4. The minimum Gasteiger partial charge on any atom is -0.510 e. The zero-order valence-corrected chi connectivity index (χ0v) is 17.2. The molecule has 0 aliphatic carbocycles. The molecule has 9 heteroatoms. The van der Waals surface area contributed by atoms with E-state index in [9.17, 15) is 14.7 Å². The van der Waals surface area contributed by atoms with Crippen LogP contribution in [0.1, 0.15) is 12.5 Å². The van der Waals surface area contributed by atoms with Gasteiger partial charge in [0, 0.05) is 11.5 Å². The van der Waals surface area contributed by atoms with E-state index < -0.39 is 5.91 Å². The van der Waals surface area contributed by atoms with Crippen molar-refractivity contribution in [3.63, 3.8) is 0 Å². The molecule has 1 heterocycles. The molecule has 8 nitrogen and oxygen atoms in total. The highest BCUT2D eigenvalue weighted by Gasteiger charge is 2.16. The van der Waals surface area contributed by atoms with Crippen molar-refractivity contribution in [1.29, 1.82) is 0 Å². The maximum atomic E-state index is 12.6. The van der Waals surface area contributed by atoms with Gasteiger partial charge in [0.05, 0.1) is 23.3 Å². The Hall–Kier alpha value is -3.65. The monoisotopic (exact) mass is 426 g/mol. The van der Waals surface area contributed by atoms with Gasteiger partial charge < -0.3 is 20.1 Å². The number of halogens is 1. The number of H-pyrrole nitrogens is 1. The zero-order valence-electron chi connectivity index (χ0n) is 16.5. The van der Waals surface area contributed by atoms with Crippen molar-refractivity contribution in [1.82, 2.24) is 4.98 Å². The van der Waals surface area contributed by atoms with Crippen LogP contribution >= 0.6 is 11.6 Å². The molecule has 0 aliphatic rings. The Balaban J connectivity index is 1.94. The van der Waals surface area contributed by atoms with Crippen LogP contribution in [0.2, 0.25) is 5.02 Å². The number of methoxy groups -OCH3 is 1. The third-order valence-corrected chi connectivity index (χ3v) is 4.59. The first-order chi connectivity index (χ1) is 14.3. The number of carbonyl (C=O) groups is 1. The molecule has 154 valence electrons. The SMILES string of the molecule is COc1ccccc1NC(=O)/C(N=Nc1cc2[nH]c(=O)cc(C)c2cc1Cl)=C(/C)O. The van der Waals surface area contributed by atoms with Crippen LogP contribution < -0.4 is 15.6 Å². The van der Waals surface area contributed by atoms with Crippen LogP contribution in [0.25, 0.3) is 10.9 Å². The first-order valence-corrected chi connectivity index (χ1v) is 9.27. The number of rotatable bonds is 5. The fourth-order valence-electron chi connectivity index (χ4n) is 2.83. The number of nitrogens with zero attached hydrogens (tertiary/aromatic N) is 2. The largest absolute Gasteiger partial charge is 0.510 e. The highest BCUT2D eigenvalue weighted by Crippen LogP contribution is 2.31. The van der Waals surface area contributed by atoms with Crippen LogP contribution in [0.3, 0.4) is 0 Å². The van der Waals surface area contributed by atoms with E-state index in [0.717, 1.165) is 10.9 Å². The van der Waals surface area contributed by atoms with Crippen LogP contribution in [0.5, 0.6) is 5.75 Å². The number of benzene rings is 2. The number of ether oxygens (including phenoxy) is 1. The predicted octanol–water partition coefficient (Wildman–Crippen LogP) is 5.01. The number of hydrogen-bond donors (Lipinski definition) is 3. The fourth-order valence-corrected chi connectivity index (χ4v) is 3.03. The first-order valence-electron chi connectivity index (χ1n) is 8.89. The first kappa shape index (κ1) is 21.1. The van der Waals surface area contributed by atoms with Crippen molar-refractivity contribution < 1.29 is 14.6 Å². The summed E-state index contributed by atoms with van der Waals surface area (Å²) in [5.41, 5.74) is 1.39. The summed E-state index contributed by atoms with van der Waals surface area (Å²) in [5, 5.41) is 21.5. The van der Waals surface area contributed by atoms with Gasteiger partial charge in [-0.3, -0.25) is 9.59 Å². The number of hydrogen-bond acceptors (Lipinski definition) is 6. The minimum atomic E-state index is -0.676. The summed E-state index contributed by atoms with van der Waals surface area (Å²) in [7, 11) is 1.48. The lowest BCUT2D eigenvalue weighted by atomic mass is 10.1. The molecule has 0 saturated heterocycles. The third kappa shape index (κ3) is 4.49. The number of amides is 1. The van der Waals surface area contributed by atoms with Gasteiger partial charge in [0.25, 0.3) is 5.91 Å². The lowest BCUT2D eigenvalue weighted by molar-refractivity contribution is -0.113. The number of azo groups is 1. The molecule has 1 amide bonds. The standard InChI is InChI=1S/C21H19ClN4O4/c1-11-8-19(28)23-16-10-17(14(22)9-13(11)16)25-26-20(12(2)27)21(29)24-15-6-4-5-7-18(15)30-3/h4-10,27H,1-3H3,(H,23,28)(H,24,29)/b20-12+,26-25?. The summed E-state index contributed by atoms with van der Waals surface area (Å²) in [5.74, 6) is -0.550. The molecule has 3 N–H and O–H groups in total. The second-order valence-corrected chi connectivity index (χ2v) is 6.86. The lowest BCUT2D eigenvalue weighted by Gasteiger charge is -2.10. The summed E-state index contributed by atoms with van der Waals surface area (Å²) >= 11 is 6.29. The summed E-state index contributed by atoms with van der Waals surface area (Å²) in [6, 6.07) is 11.5. The summed E-state index contributed by atoms with van der Waals surface area (Å²) in [4.78, 5) is 27.0. The van der Waals surface area contributed by atoms with E-state index in [0.29, 0.717) is 17.0 Å². The second kappa shape index (κ2) is 8.79. The fraction of sp³-hybridized carbons (Fsp3) is 0.143. The quantitative estimate of drug-likeness (QED) is 0.302. The van der Waals surface area contributed by atoms with Gasteiger partial charge in [-0.15, -0.1) is 10.2 Å². The predicted molar refractivity (Wildman–Crippen MR) is 116 cm³/mol. The van der Waals surface area contributed by atoms with Crippen molar-refractivity contribution in [3.05, 3.63) is 74.9 Å². The topological polar surface area (TPSA) is 116 Å². The number of carbonyl (C=O) groups excluding carboxylic acids is 1. The molecule has 3 rings (SSSR count). The van der Waals surface area contributed by atoms with Gasteiger partial charge in [-0.05, 0) is 43.7 Å². The Kier molecular flexibility index (Phi) is 6.17. The van der Waals surface area contributed by atoms with Crippen molar-refractivity contribution in [2.75, 3.05) is 12.4 Å². The average molecular weight is 427 g/mol. The Morgan fingerprint density at radius 3 is 2.67 bits per heavy atom. The maximum absolute atomic E-state index is 12.6. The smallest absolute Gasteiger partial charge is 0.279 e.